The highest BCUT2D eigenvalue weighted by Gasteiger charge is 2.18. The quantitative estimate of drug-likeness (QED) is 0.275. The molecule has 9 heteroatoms. The molecule has 0 saturated heterocycles. The summed E-state index contributed by atoms with van der Waals surface area (Å²) < 4.78 is 0. The van der Waals surface area contributed by atoms with Crippen LogP contribution in [0.5, 0.6) is 0 Å². The van der Waals surface area contributed by atoms with E-state index in [1.54, 1.807) is 17.2 Å². The minimum Gasteiger partial charge on any atom is -0.346 e. The highest BCUT2D eigenvalue weighted by molar-refractivity contribution is 7.17. The van der Waals surface area contributed by atoms with Gasteiger partial charge in [0.25, 0.3) is 5.91 Å². The zero-order valence-electron chi connectivity index (χ0n) is 10.8. The molecule has 1 aliphatic rings. The molecular weight excluding hydrogens is 296 g/mol. The number of hydrogen-bond donors (Lipinski definition) is 2. The summed E-state index contributed by atoms with van der Waals surface area (Å²) in [5, 5.41) is 10.5. The van der Waals surface area contributed by atoms with Gasteiger partial charge in [-0.15, -0.1) is 0 Å². The number of nitrogens with zero attached hydrogens (tertiary/aromatic N) is 2. The summed E-state index contributed by atoms with van der Waals surface area (Å²) in [6, 6.07) is 2.73. The third-order valence-electron chi connectivity index (χ3n) is 2.75. The molecule has 1 aromatic heterocycles. The van der Waals surface area contributed by atoms with Crippen molar-refractivity contribution >= 4 is 28.0 Å². The fourth-order valence-electron chi connectivity index (χ4n) is 1.77. The van der Waals surface area contributed by atoms with E-state index in [0.29, 0.717) is 16.9 Å². The van der Waals surface area contributed by atoms with Crippen LogP contribution < -0.4 is 11.3 Å². The number of nitrogens with one attached hydrogen (secondary N) is 1. The smallest absolute Gasteiger partial charge is 0.324 e. The van der Waals surface area contributed by atoms with E-state index in [0.717, 1.165) is 11.3 Å². The number of Topliss-reactive ketones (excluding diaryl/α,β-unsaturated/α-hetero) is 1. The van der Waals surface area contributed by atoms with Gasteiger partial charge in [-0.1, -0.05) is 17.4 Å². The van der Waals surface area contributed by atoms with Gasteiger partial charge in [0, 0.05) is 24.0 Å². The molecule has 0 atom stereocenters. The Morgan fingerprint density at radius 1 is 1.48 bits per heavy atom. The molecule has 1 amide bonds. The zero-order chi connectivity index (χ0) is 15.4. The first-order chi connectivity index (χ1) is 10.0. The largest absolute Gasteiger partial charge is 0.346 e. The number of thiophene rings is 1. The van der Waals surface area contributed by atoms with Gasteiger partial charge < -0.3 is 4.90 Å². The molecule has 2 heterocycles. The van der Waals surface area contributed by atoms with Crippen molar-refractivity contribution in [2.24, 2.45) is 5.84 Å². The summed E-state index contributed by atoms with van der Waals surface area (Å²) in [5.41, 5.74) is 2.47. The Morgan fingerprint density at radius 2 is 2.24 bits per heavy atom. The molecule has 0 aromatic carbocycles. The zero-order valence-corrected chi connectivity index (χ0v) is 11.6. The topological polar surface area (TPSA) is 119 Å². The average molecular weight is 308 g/mol. The standard InChI is InChI=1S/C12H12N4O4S/c13-14-12(18)8-2-1-5-15(6-8)7-9(17)10-3-4-11(21-10)16(19)20/h1,3-6H,2,7,13H2,(H,14,18). The molecule has 0 radical (unpaired) electrons. The minimum atomic E-state index is -0.536. The first kappa shape index (κ1) is 14.9. The van der Waals surface area contributed by atoms with E-state index >= 15 is 0 Å². The fourth-order valence-corrected chi connectivity index (χ4v) is 2.52. The van der Waals surface area contributed by atoms with E-state index in [-0.39, 0.29) is 17.3 Å². The van der Waals surface area contributed by atoms with Crippen molar-refractivity contribution in [2.75, 3.05) is 6.54 Å². The molecule has 0 spiro atoms. The van der Waals surface area contributed by atoms with E-state index < -0.39 is 10.8 Å². The highest BCUT2D eigenvalue weighted by atomic mass is 32.1. The number of hydrogen-bond acceptors (Lipinski definition) is 7. The molecule has 0 fully saturated rings. The van der Waals surface area contributed by atoms with Gasteiger partial charge in [0.05, 0.1) is 16.3 Å². The number of nitro groups is 1. The lowest BCUT2D eigenvalue weighted by atomic mass is 10.1. The first-order valence-electron chi connectivity index (χ1n) is 5.92. The van der Waals surface area contributed by atoms with Crippen LogP contribution >= 0.6 is 11.3 Å². The van der Waals surface area contributed by atoms with E-state index in [4.69, 9.17) is 5.84 Å². The van der Waals surface area contributed by atoms with E-state index in [9.17, 15) is 19.7 Å². The van der Waals surface area contributed by atoms with Crippen molar-refractivity contribution in [3.05, 3.63) is 51.2 Å². The second-order valence-corrected chi connectivity index (χ2v) is 5.27. The Morgan fingerprint density at radius 3 is 2.86 bits per heavy atom. The van der Waals surface area contributed by atoms with Crippen LogP contribution in [0.25, 0.3) is 0 Å². The van der Waals surface area contributed by atoms with Crippen LogP contribution in [-0.2, 0) is 4.79 Å². The number of rotatable bonds is 5. The maximum Gasteiger partial charge on any atom is 0.324 e. The van der Waals surface area contributed by atoms with Crippen molar-refractivity contribution in [3.63, 3.8) is 0 Å². The Balaban J connectivity index is 2.06. The number of nitrogens with two attached hydrogens (primary N) is 1. The molecule has 0 saturated carbocycles. The van der Waals surface area contributed by atoms with Crippen molar-refractivity contribution in [2.45, 2.75) is 6.42 Å². The molecule has 0 unspecified atom stereocenters. The van der Waals surface area contributed by atoms with Gasteiger partial charge in [-0.05, 0) is 12.5 Å². The van der Waals surface area contributed by atoms with Gasteiger partial charge in [-0.25, -0.2) is 5.84 Å². The normalized spacial score (nSPS) is 13.8. The van der Waals surface area contributed by atoms with E-state index in [1.165, 1.54) is 18.3 Å². The van der Waals surface area contributed by atoms with Crippen LogP contribution in [-0.4, -0.2) is 28.1 Å². The Hall–Kier alpha value is -2.52. The number of ketones is 1. The third kappa shape index (κ3) is 3.52. The lowest BCUT2D eigenvalue weighted by Gasteiger charge is -2.19. The molecule has 0 bridgehead atoms. The predicted octanol–water partition coefficient (Wildman–Crippen LogP) is 0.932. The Kier molecular flexibility index (Phi) is 4.45. The number of allylic oxidation sites excluding steroid dienone is 1. The SMILES string of the molecule is NNC(=O)C1=CN(CC(=O)c2ccc([N+](=O)[O-])s2)C=CC1. The van der Waals surface area contributed by atoms with Crippen LogP contribution in [0.1, 0.15) is 16.1 Å². The maximum atomic E-state index is 12.1. The second-order valence-electron chi connectivity index (χ2n) is 4.21. The van der Waals surface area contributed by atoms with Gasteiger partial charge in [0.2, 0.25) is 0 Å². The molecule has 21 heavy (non-hydrogen) atoms. The lowest BCUT2D eigenvalue weighted by molar-refractivity contribution is -0.380. The van der Waals surface area contributed by atoms with Crippen LogP contribution in [0, 0.1) is 10.1 Å². The molecule has 2 rings (SSSR count). The van der Waals surface area contributed by atoms with Gasteiger partial charge in [0.15, 0.2) is 5.78 Å². The first-order valence-corrected chi connectivity index (χ1v) is 6.74. The van der Waals surface area contributed by atoms with Crippen molar-refractivity contribution in [1.29, 1.82) is 0 Å². The summed E-state index contributed by atoms with van der Waals surface area (Å²) in [4.78, 5) is 35.4. The monoisotopic (exact) mass is 308 g/mol. The number of hydrazine groups is 1. The van der Waals surface area contributed by atoms with E-state index in [1.807, 2.05) is 5.43 Å². The lowest BCUT2D eigenvalue weighted by Crippen LogP contribution is -2.33. The summed E-state index contributed by atoms with van der Waals surface area (Å²) in [5.74, 6) is 4.39. The molecule has 3 N–H and O–H groups in total. The van der Waals surface area contributed by atoms with Crippen molar-refractivity contribution < 1.29 is 14.5 Å². The Labute approximate surface area is 123 Å². The van der Waals surface area contributed by atoms with Gasteiger partial charge in [-0.2, -0.15) is 0 Å². The molecule has 0 aliphatic carbocycles. The number of carbonyl (C=O) groups excluding carboxylic acids is 2. The van der Waals surface area contributed by atoms with Crippen molar-refractivity contribution in [3.8, 4) is 0 Å². The third-order valence-corrected chi connectivity index (χ3v) is 3.83. The summed E-state index contributed by atoms with van der Waals surface area (Å²) in [7, 11) is 0. The van der Waals surface area contributed by atoms with Gasteiger partial charge >= 0.3 is 5.00 Å². The average Bonchev–Trinajstić information content (AvgIpc) is 2.97. The van der Waals surface area contributed by atoms with Gasteiger partial charge in [-0.3, -0.25) is 25.1 Å². The van der Waals surface area contributed by atoms with Crippen LogP contribution in [0.4, 0.5) is 5.00 Å². The summed E-state index contributed by atoms with van der Waals surface area (Å²) >= 11 is 0.830. The number of carbonyl (C=O) groups is 2. The second kappa shape index (κ2) is 6.29. The van der Waals surface area contributed by atoms with Crippen LogP contribution in [0.15, 0.2) is 36.2 Å². The molecule has 110 valence electrons. The van der Waals surface area contributed by atoms with Crippen molar-refractivity contribution in [1.82, 2.24) is 10.3 Å². The maximum absolute atomic E-state index is 12.1. The summed E-state index contributed by atoms with van der Waals surface area (Å²) in [6.07, 6.45) is 5.36. The predicted molar refractivity (Wildman–Crippen MR) is 76.2 cm³/mol. The van der Waals surface area contributed by atoms with Crippen LogP contribution in [0.3, 0.4) is 0 Å². The fraction of sp³-hybridized carbons (Fsp3) is 0.167. The van der Waals surface area contributed by atoms with Gasteiger partial charge in [0.1, 0.15) is 0 Å². The Bertz CT molecular complexity index is 649. The molecule has 1 aromatic rings. The molecule has 1 aliphatic heterocycles. The summed E-state index contributed by atoms with van der Waals surface area (Å²) in [6.45, 7) is -0.00445. The minimum absolute atomic E-state index is 0.00445. The molecular formula is C12H12N4O4S. The molecule has 8 nitrogen and oxygen atoms in total. The van der Waals surface area contributed by atoms with E-state index in [2.05, 4.69) is 0 Å². The van der Waals surface area contributed by atoms with Crippen LogP contribution in [0.2, 0.25) is 0 Å². The highest BCUT2D eigenvalue weighted by Crippen LogP contribution is 2.24. The number of amides is 1.